The number of nitrogens with zero attached hydrogens (tertiary/aromatic N) is 1. The summed E-state index contributed by atoms with van der Waals surface area (Å²) in [5, 5.41) is 0. The van der Waals surface area contributed by atoms with Gasteiger partial charge >= 0.3 is 0 Å². The van der Waals surface area contributed by atoms with Gasteiger partial charge in [0, 0.05) is 6.54 Å². The van der Waals surface area contributed by atoms with Crippen molar-refractivity contribution in [2.45, 2.75) is 38.5 Å². The summed E-state index contributed by atoms with van der Waals surface area (Å²) in [6.45, 7) is 4.39. The molecule has 1 amide bonds. The lowest BCUT2D eigenvalue weighted by molar-refractivity contribution is -0.152. The molecule has 1 unspecified atom stereocenters. The third-order valence-corrected chi connectivity index (χ3v) is 4.33. The Kier molecular flexibility index (Phi) is 5.93. The Labute approximate surface area is 142 Å². The molecular formula is C18H25NO5. The number of hydrogen-bond donors (Lipinski definition) is 0. The van der Waals surface area contributed by atoms with E-state index in [2.05, 4.69) is 0 Å². The predicted octanol–water partition coefficient (Wildman–Crippen LogP) is 2.22. The summed E-state index contributed by atoms with van der Waals surface area (Å²) in [5.41, 5.74) is 0. The predicted molar refractivity (Wildman–Crippen MR) is 88.2 cm³/mol. The van der Waals surface area contributed by atoms with Crippen molar-refractivity contribution in [1.29, 1.82) is 0 Å². The highest BCUT2D eigenvalue weighted by Gasteiger charge is 2.36. The lowest BCUT2D eigenvalue weighted by atomic mass is 10.0. The maximum atomic E-state index is 12.7. The molecule has 1 aromatic carbocycles. The molecule has 2 heterocycles. The number of amides is 1. The van der Waals surface area contributed by atoms with Gasteiger partial charge in [0.25, 0.3) is 5.91 Å². The summed E-state index contributed by atoms with van der Waals surface area (Å²) in [4.78, 5) is 14.5. The molecule has 3 rings (SSSR count). The second kappa shape index (κ2) is 8.35. The van der Waals surface area contributed by atoms with Crippen molar-refractivity contribution < 1.29 is 23.7 Å². The molecule has 2 aliphatic heterocycles. The molecule has 6 heteroatoms. The van der Waals surface area contributed by atoms with Gasteiger partial charge in [-0.1, -0.05) is 12.1 Å². The van der Waals surface area contributed by atoms with E-state index in [0.717, 1.165) is 25.8 Å². The number of carbonyl (C=O) groups excluding carboxylic acids is 1. The molecule has 0 N–H and O–H groups in total. The van der Waals surface area contributed by atoms with E-state index in [4.69, 9.17) is 18.9 Å². The SMILES string of the molecule is CCOc1ccccc1OCC(=O)N1CCCCC1C1OCCO1. The smallest absolute Gasteiger partial charge is 0.260 e. The van der Waals surface area contributed by atoms with Gasteiger partial charge in [0.1, 0.15) is 0 Å². The van der Waals surface area contributed by atoms with Crippen LogP contribution in [0.1, 0.15) is 26.2 Å². The van der Waals surface area contributed by atoms with Crippen molar-refractivity contribution >= 4 is 5.91 Å². The molecule has 2 fully saturated rings. The van der Waals surface area contributed by atoms with E-state index < -0.39 is 0 Å². The Morgan fingerprint density at radius 2 is 1.88 bits per heavy atom. The summed E-state index contributed by atoms with van der Waals surface area (Å²) in [5.74, 6) is 1.21. The van der Waals surface area contributed by atoms with E-state index in [9.17, 15) is 4.79 Å². The Bertz CT molecular complexity index is 544. The molecule has 6 nitrogen and oxygen atoms in total. The fraction of sp³-hybridized carbons (Fsp3) is 0.611. The topological polar surface area (TPSA) is 57.2 Å². The van der Waals surface area contributed by atoms with Gasteiger partial charge in [0.05, 0.1) is 25.9 Å². The zero-order valence-electron chi connectivity index (χ0n) is 14.1. The minimum atomic E-state index is -0.301. The van der Waals surface area contributed by atoms with Crippen molar-refractivity contribution in [3.05, 3.63) is 24.3 Å². The fourth-order valence-corrected chi connectivity index (χ4v) is 3.22. The summed E-state index contributed by atoms with van der Waals surface area (Å²) in [7, 11) is 0. The van der Waals surface area contributed by atoms with Crippen LogP contribution in [0.25, 0.3) is 0 Å². The Morgan fingerprint density at radius 3 is 2.58 bits per heavy atom. The average molecular weight is 335 g/mol. The maximum absolute atomic E-state index is 12.7. The third-order valence-electron chi connectivity index (χ3n) is 4.33. The number of para-hydroxylation sites is 2. The van der Waals surface area contributed by atoms with Gasteiger partial charge in [-0.05, 0) is 38.3 Å². The van der Waals surface area contributed by atoms with Crippen LogP contribution in [-0.2, 0) is 14.3 Å². The third kappa shape index (κ3) is 3.99. The van der Waals surface area contributed by atoms with Crippen LogP contribution in [0.5, 0.6) is 11.5 Å². The van der Waals surface area contributed by atoms with E-state index in [1.807, 2.05) is 36.1 Å². The van der Waals surface area contributed by atoms with Crippen molar-refractivity contribution in [1.82, 2.24) is 4.90 Å². The first kappa shape index (κ1) is 17.0. The summed E-state index contributed by atoms with van der Waals surface area (Å²) in [6, 6.07) is 7.39. The fourth-order valence-electron chi connectivity index (χ4n) is 3.22. The molecule has 1 atom stereocenters. The summed E-state index contributed by atoms with van der Waals surface area (Å²) < 4.78 is 22.5. The van der Waals surface area contributed by atoms with Crippen molar-refractivity contribution in [2.75, 3.05) is 33.0 Å². The molecule has 1 aromatic rings. The van der Waals surface area contributed by atoms with Crippen molar-refractivity contribution in [2.24, 2.45) is 0 Å². The standard InChI is InChI=1S/C18H25NO5/c1-2-21-15-8-3-4-9-16(15)24-13-17(20)19-10-6-5-7-14(19)18-22-11-12-23-18/h3-4,8-9,14,18H,2,5-7,10-13H2,1H3. The van der Waals surface area contributed by atoms with E-state index in [0.29, 0.717) is 31.3 Å². The van der Waals surface area contributed by atoms with Crippen molar-refractivity contribution in [3.8, 4) is 11.5 Å². The molecule has 0 spiro atoms. The van der Waals surface area contributed by atoms with Gasteiger partial charge in [0.2, 0.25) is 0 Å². The van der Waals surface area contributed by atoms with Gasteiger partial charge < -0.3 is 23.8 Å². The minimum Gasteiger partial charge on any atom is -0.490 e. The van der Waals surface area contributed by atoms with Crippen LogP contribution in [0.4, 0.5) is 0 Å². The van der Waals surface area contributed by atoms with Crippen LogP contribution in [0.2, 0.25) is 0 Å². The lowest BCUT2D eigenvalue weighted by Gasteiger charge is -2.37. The zero-order valence-corrected chi connectivity index (χ0v) is 14.1. The Morgan fingerprint density at radius 1 is 1.17 bits per heavy atom. The van der Waals surface area contributed by atoms with E-state index in [-0.39, 0.29) is 24.8 Å². The molecule has 2 aliphatic rings. The van der Waals surface area contributed by atoms with Gasteiger partial charge in [0.15, 0.2) is 24.4 Å². The first-order valence-electron chi connectivity index (χ1n) is 8.67. The monoisotopic (exact) mass is 335 g/mol. The van der Waals surface area contributed by atoms with Crippen molar-refractivity contribution in [3.63, 3.8) is 0 Å². The van der Waals surface area contributed by atoms with Gasteiger partial charge in [-0.2, -0.15) is 0 Å². The largest absolute Gasteiger partial charge is 0.490 e. The lowest BCUT2D eigenvalue weighted by Crippen LogP contribution is -2.51. The molecule has 132 valence electrons. The highest BCUT2D eigenvalue weighted by atomic mass is 16.7. The summed E-state index contributed by atoms with van der Waals surface area (Å²) in [6.07, 6.45) is 2.70. The number of likely N-dealkylation sites (tertiary alicyclic amines) is 1. The first-order valence-corrected chi connectivity index (χ1v) is 8.67. The second-order valence-corrected chi connectivity index (χ2v) is 5.93. The highest BCUT2D eigenvalue weighted by Crippen LogP contribution is 2.27. The molecule has 2 saturated heterocycles. The average Bonchev–Trinajstić information content (AvgIpc) is 3.15. The van der Waals surface area contributed by atoms with Crippen LogP contribution < -0.4 is 9.47 Å². The van der Waals surface area contributed by atoms with E-state index in [1.165, 1.54) is 0 Å². The normalized spacial score (nSPS) is 21.7. The highest BCUT2D eigenvalue weighted by molar-refractivity contribution is 5.78. The molecule has 0 radical (unpaired) electrons. The first-order chi connectivity index (χ1) is 11.8. The van der Waals surface area contributed by atoms with E-state index >= 15 is 0 Å². The molecule has 24 heavy (non-hydrogen) atoms. The molecule has 0 aromatic heterocycles. The zero-order chi connectivity index (χ0) is 16.8. The van der Waals surface area contributed by atoms with Crippen LogP contribution in [-0.4, -0.2) is 56.1 Å². The number of ether oxygens (including phenoxy) is 4. The quantitative estimate of drug-likeness (QED) is 0.798. The maximum Gasteiger partial charge on any atom is 0.260 e. The van der Waals surface area contributed by atoms with Crippen LogP contribution in [0, 0.1) is 0 Å². The molecule has 0 saturated carbocycles. The van der Waals surface area contributed by atoms with Crippen LogP contribution in [0.3, 0.4) is 0 Å². The number of piperidine rings is 1. The Hall–Kier alpha value is -1.79. The van der Waals surface area contributed by atoms with Gasteiger partial charge in [-0.3, -0.25) is 4.79 Å². The second-order valence-electron chi connectivity index (χ2n) is 5.93. The van der Waals surface area contributed by atoms with E-state index in [1.54, 1.807) is 0 Å². The number of hydrogen-bond acceptors (Lipinski definition) is 5. The van der Waals surface area contributed by atoms with Gasteiger partial charge in [-0.15, -0.1) is 0 Å². The van der Waals surface area contributed by atoms with Crippen LogP contribution in [0.15, 0.2) is 24.3 Å². The Balaban J connectivity index is 1.61. The minimum absolute atomic E-state index is 0.00664. The van der Waals surface area contributed by atoms with Crippen LogP contribution >= 0.6 is 0 Å². The number of rotatable bonds is 6. The molecule has 0 bridgehead atoms. The number of carbonyl (C=O) groups is 1. The molecular weight excluding hydrogens is 310 g/mol. The summed E-state index contributed by atoms with van der Waals surface area (Å²) >= 11 is 0. The number of benzene rings is 1. The molecule has 0 aliphatic carbocycles. The van der Waals surface area contributed by atoms with Gasteiger partial charge in [-0.25, -0.2) is 0 Å².